The highest BCUT2D eigenvalue weighted by atomic mass is 32.1. The molecule has 0 aliphatic rings. The molecule has 7 nitrogen and oxygen atoms in total. The van der Waals surface area contributed by atoms with Crippen molar-refractivity contribution in [1.82, 2.24) is 9.55 Å². The summed E-state index contributed by atoms with van der Waals surface area (Å²) in [5.74, 6) is -0.225. The minimum absolute atomic E-state index is 0.122. The topological polar surface area (TPSA) is 94.2 Å². The van der Waals surface area contributed by atoms with Crippen molar-refractivity contribution < 1.29 is 9.21 Å². The largest absolute Gasteiger partial charge is 0.422 e. The number of thiazole rings is 1. The summed E-state index contributed by atoms with van der Waals surface area (Å²) in [6, 6.07) is 10.5. The summed E-state index contributed by atoms with van der Waals surface area (Å²) in [5, 5.41) is 3.65. The third-order valence-electron chi connectivity index (χ3n) is 4.19. The lowest BCUT2D eigenvalue weighted by atomic mass is 10.2. The van der Waals surface area contributed by atoms with E-state index in [0.29, 0.717) is 16.1 Å². The first-order valence-electron chi connectivity index (χ1n) is 8.30. The van der Waals surface area contributed by atoms with Gasteiger partial charge in [0.25, 0.3) is 5.56 Å². The van der Waals surface area contributed by atoms with Crippen LogP contribution in [0.2, 0.25) is 0 Å². The van der Waals surface area contributed by atoms with E-state index in [9.17, 15) is 14.4 Å². The van der Waals surface area contributed by atoms with Gasteiger partial charge in [0.15, 0.2) is 5.13 Å². The molecule has 3 heterocycles. The summed E-state index contributed by atoms with van der Waals surface area (Å²) >= 11 is 1.40. The van der Waals surface area contributed by atoms with Crippen molar-refractivity contribution in [3.63, 3.8) is 0 Å². The van der Waals surface area contributed by atoms with Crippen LogP contribution in [0.1, 0.15) is 12.0 Å². The van der Waals surface area contributed by atoms with Gasteiger partial charge in [-0.1, -0.05) is 23.5 Å². The Hall–Kier alpha value is -3.26. The molecule has 0 radical (unpaired) electrons. The molecular formula is C19H15N3O4S. The summed E-state index contributed by atoms with van der Waals surface area (Å²) in [5.41, 5.74) is 0.856. The molecule has 1 aromatic carbocycles. The second-order valence-corrected chi connectivity index (χ2v) is 7.12. The van der Waals surface area contributed by atoms with Crippen molar-refractivity contribution >= 4 is 43.6 Å². The molecule has 0 spiro atoms. The van der Waals surface area contributed by atoms with E-state index in [1.165, 1.54) is 28.2 Å². The Morgan fingerprint density at radius 2 is 2.07 bits per heavy atom. The number of nitrogens with one attached hydrogen (secondary N) is 1. The molecule has 0 aliphatic heterocycles. The Labute approximate surface area is 156 Å². The van der Waals surface area contributed by atoms with Gasteiger partial charge < -0.3 is 14.3 Å². The summed E-state index contributed by atoms with van der Waals surface area (Å²) < 4.78 is 7.49. The number of aryl methyl sites for hydroxylation is 2. The molecule has 0 atom stereocenters. The van der Waals surface area contributed by atoms with E-state index in [1.807, 2.05) is 24.3 Å². The van der Waals surface area contributed by atoms with Gasteiger partial charge in [-0.15, -0.1) is 0 Å². The number of aromatic nitrogens is 2. The predicted molar refractivity (Wildman–Crippen MR) is 104 cm³/mol. The van der Waals surface area contributed by atoms with Gasteiger partial charge in [0.1, 0.15) is 5.58 Å². The molecule has 8 heteroatoms. The third kappa shape index (κ3) is 3.39. The maximum Gasteiger partial charge on any atom is 0.336 e. The first kappa shape index (κ1) is 17.2. The Morgan fingerprint density at radius 1 is 1.26 bits per heavy atom. The molecule has 4 aromatic rings. The van der Waals surface area contributed by atoms with E-state index in [4.69, 9.17) is 4.42 Å². The van der Waals surface area contributed by atoms with Crippen molar-refractivity contribution in [2.45, 2.75) is 19.9 Å². The van der Waals surface area contributed by atoms with Gasteiger partial charge in [0.05, 0.1) is 15.6 Å². The number of pyridine rings is 1. The van der Waals surface area contributed by atoms with Crippen LogP contribution in [-0.4, -0.2) is 15.5 Å². The van der Waals surface area contributed by atoms with E-state index in [1.54, 1.807) is 13.0 Å². The van der Waals surface area contributed by atoms with Crippen LogP contribution in [0.3, 0.4) is 0 Å². The SMILES string of the molecule is Cc1cc(=O)oc2ccn(CCC(=O)Nc3nc4ccccc4s3)c(=O)c12. The van der Waals surface area contributed by atoms with Gasteiger partial charge >= 0.3 is 5.63 Å². The summed E-state index contributed by atoms with van der Waals surface area (Å²) in [7, 11) is 0. The molecule has 0 aliphatic carbocycles. The number of hydrogen-bond acceptors (Lipinski definition) is 6. The fourth-order valence-corrected chi connectivity index (χ4v) is 3.78. The lowest BCUT2D eigenvalue weighted by Gasteiger charge is -2.07. The van der Waals surface area contributed by atoms with E-state index >= 15 is 0 Å². The molecule has 0 fully saturated rings. The molecule has 3 aromatic heterocycles. The van der Waals surface area contributed by atoms with Crippen LogP contribution in [0.4, 0.5) is 5.13 Å². The first-order chi connectivity index (χ1) is 13.0. The highest BCUT2D eigenvalue weighted by molar-refractivity contribution is 7.22. The molecule has 27 heavy (non-hydrogen) atoms. The number of anilines is 1. The summed E-state index contributed by atoms with van der Waals surface area (Å²) in [6.07, 6.45) is 1.65. The number of hydrogen-bond donors (Lipinski definition) is 1. The zero-order valence-corrected chi connectivity index (χ0v) is 15.2. The number of carbonyl (C=O) groups is 1. The lowest BCUT2D eigenvalue weighted by molar-refractivity contribution is -0.116. The number of fused-ring (bicyclic) bond motifs is 2. The maximum absolute atomic E-state index is 12.6. The van der Waals surface area contributed by atoms with Crippen LogP contribution in [0.5, 0.6) is 0 Å². The molecule has 1 N–H and O–H groups in total. The molecule has 0 bridgehead atoms. The van der Waals surface area contributed by atoms with Crippen LogP contribution < -0.4 is 16.5 Å². The highest BCUT2D eigenvalue weighted by Gasteiger charge is 2.11. The molecule has 0 saturated carbocycles. The standard InChI is InChI=1S/C19H15N3O4S/c1-11-10-16(24)26-13-6-8-22(18(25)17(11)13)9-7-15(23)21-19-20-12-4-2-3-5-14(12)27-19/h2-6,8,10H,7,9H2,1H3,(H,20,21,23). The molecule has 4 rings (SSSR count). The minimum atomic E-state index is -0.493. The quantitative estimate of drug-likeness (QED) is 0.587. The number of amides is 1. The van der Waals surface area contributed by atoms with Gasteiger partial charge in [-0.3, -0.25) is 9.59 Å². The van der Waals surface area contributed by atoms with Crippen LogP contribution >= 0.6 is 11.3 Å². The predicted octanol–water partition coefficient (Wildman–Crippen LogP) is 2.90. The van der Waals surface area contributed by atoms with E-state index in [2.05, 4.69) is 10.3 Å². The van der Waals surface area contributed by atoms with Crippen molar-refractivity contribution in [1.29, 1.82) is 0 Å². The molecule has 136 valence electrons. The molecular weight excluding hydrogens is 366 g/mol. The van der Waals surface area contributed by atoms with E-state index < -0.39 is 5.63 Å². The zero-order chi connectivity index (χ0) is 19.0. The van der Waals surface area contributed by atoms with Gasteiger partial charge in [-0.25, -0.2) is 9.78 Å². The fourth-order valence-electron chi connectivity index (χ4n) is 2.90. The second kappa shape index (κ2) is 6.81. The Balaban J connectivity index is 1.51. The Bertz CT molecular complexity index is 1250. The third-order valence-corrected chi connectivity index (χ3v) is 5.14. The van der Waals surface area contributed by atoms with Crippen molar-refractivity contribution in [3.8, 4) is 0 Å². The Morgan fingerprint density at radius 3 is 2.89 bits per heavy atom. The first-order valence-corrected chi connectivity index (χ1v) is 9.12. The zero-order valence-electron chi connectivity index (χ0n) is 14.4. The number of nitrogens with zero attached hydrogens (tertiary/aromatic N) is 2. The summed E-state index contributed by atoms with van der Waals surface area (Å²) in [6.45, 7) is 1.90. The van der Waals surface area contributed by atoms with Gasteiger partial charge in [0, 0.05) is 25.2 Å². The number of benzene rings is 1. The van der Waals surface area contributed by atoms with Gasteiger partial charge in [0.2, 0.25) is 5.91 Å². The monoisotopic (exact) mass is 381 g/mol. The van der Waals surface area contributed by atoms with Crippen LogP contribution in [0, 0.1) is 6.92 Å². The maximum atomic E-state index is 12.6. The smallest absolute Gasteiger partial charge is 0.336 e. The van der Waals surface area contributed by atoms with Crippen LogP contribution in [0.25, 0.3) is 21.2 Å². The van der Waals surface area contributed by atoms with Gasteiger partial charge in [-0.05, 0) is 30.7 Å². The van der Waals surface area contributed by atoms with E-state index in [-0.39, 0.29) is 30.0 Å². The average molecular weight is 381 g/mol. The highest BCUT2D eigenvalue weighted by Crippen LogP contribution is 2.25. The molecule has 0 unspecified atom stereocenters. The average Bonchev–Trinajstić information content (AvgIpc) is 3.02. The van der Waals surface area contributed by atoms with Crippen LogP contribution in [0.15, 0.2) is 56.6 Å². The number of para-hydroxylation sites is 1. The number of carbonyl (C=O) groups excluding carboxylic acids is 1. The Kier molecular flexibility index (Phi) is 4.33. The minimum Gasteiger partial charge on any atom is -0.422 e. The number of rotatable bonds is 4. The summed E-state index contributed by atoms with van der Waals surface area (Å²) in [4.78, 5) is 40.6. The lowest BCUT2D eigenvalue weighted by Crippen LogP contribution is -2.23. The van der Waals surface area contributed by atoms with Crippen molar-refractivity contribution in [2.75, 3.05) is 5.32 Å². The van der Waals surface area contributed by atoms with Crippen molar-refractivity contribution in [3.05, 3.63) is 68.9 Å². The van der Waals surface area contributed by atoms with Crippen molar-refractivity contribution in [2.24, 2.45) is 0 Å². The molecule has 0 saturated heterocycles. The second-order valence-electron chi connectivity index (χ2n) is 6.09. The van der Waals surface area contributed by atoms with E-state index in [0.717, 1.165) is 10.2 Å². The molecule has 1 amide bonds. The van der Waals surface area contributed by atoms with Crippen LogP contribution in [-0.2, 0) is 11.3 Å². The normalized spacial score (nSPS) is 11.1. The fraction of sp³-hybridized carbons (Fsp3) is 0.158. The van der Waals surface area contributed by atoms with Gasteiger partial charge in [-0.2, -0.15) is 0 Å².